The molecule has 3 heterocycles. The van der Waals surface area contributed by atoms with Gasteiger partial charge in [-0.25, -0.2) is 0 Å². The molecule has 0 bridgehead atoms. The highest BCUT2D eigenvalue weighted by Gasteiger charge is 2.39. The topological polar surface area (TPSA) is 71.3 Å². The third-order valence-electron chi connectivity index (χ3n) is 4.31. The van der Waals surface area contributed by atoms with Crippen molar-refractivity contribution in [2.45, 2.75) is 39.2 Å². The van der Waals surface area contributed by atoms with E-state index in [0.29, 0.717) is 30.1 Å². The first-order chi connectivity index (χ1) is 9.17. The Kier molecular flexibility index (Phi) is 3.26. The van der Waals surface area contributed by atoms with Crippen molar-refractivity contribution in [3.05, 3.63) is 11.7 Å². The highest BCUT2D eigenvalue weighted by atomic mass is 16.5. The Morgan fingerprint density at radius 2 is 2.16 bits per heavy atom. The summed E-state index contributed by atoms with van der Waals surface area (Å²) in [5, 5.41) is 7.28. The van der Waals surface area contributed by atoms with Gasteiger partial charge in [0, 0.05) is 19.9 Å². The summed E-state index contributed by atoms with van der Waals surface area (Å²) in [6.45, 7) is 5.20. The second-order valence-electron chi connectivity index (χ2n) is 5.73. The minimum Gasteiger partial charge on any atom is -0.340 e. The van der Waals surface area contributed by atoms with Crippen molar-refractivity contribution in [1.82, 2.24) is 20.4 Å². The van der Waals surface area contributed by atoms with E-state index < -0.39 is 0 Å². The summed E-state index contributed by atoms with van der Waals surface area (Å²) in [6, 6.07) is 0. The zero-order valence-corrected chi connectivity index (χ0v) is 11.3. The van der Waals surface area contributed by atoms with E-state index in [1.54, 1.807) is 6.92 Å². The maximum atomic E-state index is 12.1. The molecule has 0 unspecified atom stereocenters. The molecule has 0 aliphatic carbocycles. The smallest absolute Gasteiger partial charge is 0.223 e. The first kappa shape index (κ1) is 12.6. The Bertz CT molecular complexity index is 465. The molecule has 6 heteroatoms. The predicted octanol–water partition coefficient (Wildman–Crippen LogP) is 0.870. The van der Waals surface area contributed by atoms with Crippen molar-refractivity contribution in [1.29, 1.82) is 0 Å². The van der Waals surface area contributed by atoms with Crippen LogP contribution in [0.25, 0.3) is 0 Å². The van der Waals surface area contributed by atoms with Gasteiger partial charge < -0.3 is 14.7 Å². The fourth-order valence-corrected chi connectivity index (χ4v) is 3.19. The molecule has 1 N–H and O–H groups in total. The first-order valence-electron chi connectivity index (χ1n) is 6.95. The van der Waals surface area contributed by atoms with Crippen LogP contribution >= 0.6 is 0 Å². The number of aryl methyl sites for hydroxylation is 1. The van der Waals surface area contributed by atoms with Crippen molar-refractivity contribution >= 4 is 5.91 Å². The van der Waals surface area contributed by atoms with Crippen LogP contribution in [0.15, 0.2) is 4.52 Å². The number of nitrogens with one attached hydrogen (secondary N) is 1. The van der Waals surface area contributed by atoms with Crippen LogP contribution in [-0.4, -0.2) is 40.6 Å². The minimum absolute atomic E-state index is 0.214. The number of hydrogen-bond donors (Lipinski definition) is 1. The Hall–Kier alpha value is -1.43. The zero-order valence-electron chi connectivity index (χ0n) is 11.3. The van der Waals surface area contributed by atoms with Crippen LogP contribution in [0.1, 0.15) is 37.4 Å². The predicted molar refractivity (Wildman–Crippen MR) is 68.2 cm³/mol. The van der Waals surface area contributed by atoms with E-state index in [-0.39, 0.29) is 5.91 Å². The monoisotopic (exact) mass is 264 g/mol. The molecule has 19 heavy (non-hydrogen) atoms. The van der Waals surface area contributed by atoms with Crippen molar-refractivity contribution in [2.75, 3.05) is 19.6 Å². The molecular formula is C13H20N4O2. The number of carbonyl (C=O) groups excluding carboxylic acids is 1. The number of nitrogens with zero attached hydrogens (tertiary/aromatic N) is 3. The van der Waals surface area contributed by atoms with Gasteiger partial charge in [-0.3, -0.25) is 4.79 Å². The SMILES string of the molecule is Cc1nc(CN2CC3(CCNCC3)CCC2=O)no1. The average molecular weight is 264 g/mol. The zero-order chi connectivity index (χ0) is 13.3. The van der Waals surface area contributed by atoms with Gasteiger partial charge in [0.25, 0.3) is 0 Å². The van der Waals surface area contributed by atoms with Gasteiger partial charge in [-0.15, -0.1) is 0 Å². The second kappa shape index (κ2) is 4.92. The van der Waals surface area contributed by atoms with Crippen LogP contribution in [0.2, 0.25) is 0 Å². The van der Waals surface area contributed by atoms with E-state index in [1.807, 2.05) is 4.90 Å². The van der Waals surface area contributed by atoms with E-state index in [1.165, 1.54) is 0 Å². The average Bonchev–Trinajstić information content (AvgIpc) is 2.81. The summed E-state index contributed by atoms with van der Waals surface area (Å²) in [4.78, 5) is 18.1. The summed E-state index contributed by atoms with van der Waals surface area (Å²) < 4.78 is 4.97. The van der Waals surface area contributed by atoms with Crippen LogP contribution in [0.4, 0.5) is 0 Å². The van der Waals surface area contributed by atoms with Crippen molar-refractivity contribution in [3.8, 4) is 0 Å². The van der Waals surface area contributed by atoms with Gasteiger partial charge in [-0.2, -0.15) is 4.98 Å². The normalized spacial score (nSPS) is 23.0. The molecular weight excluding hydrogens is 244 g/mol. The molecule has 1 amide bonds. The number of amides is 1. The molecule has 2 saturated heterocycles. The first-order valence-corrected chi connectivity index (χ1v) is 6.95. The molecule has 6 nitrogen and oxygen atoms in total. The van der Waals surface area contributed by atoms with Gasteiger partial charge >= 0.3 is 0 Å². The molecule has 0 atom stereocenters. The molecule has 0 radical (unpaired) electrons. The number of hydrogen-bond acceptors (Lipinski definition) is 5. The fourth-order valence-electron chi connectivity index (χ4n) is 3.19. The van der Waals surface area contributed by atoms with Crippen LogP contribution < -0.4 is 5.32 Å². The number of rotatable bonds is 2. The number of aromatic nitrogens is 2. The molecule has 1 aromatic heterocycles. The van der Waals surface area contributed by atoms with Crippen LogP contribution in [0, 0.1) is 12.3 Å². The summed E-state index contributed by atoms with van der Waals surface area (Å²) in [7, 11) is 0. The van der Waals surface area contributed by atoms with Gasteiger partial charge in [-0.05, 0) is 37.8 Å². The standard InChI is InChI=1S/C13H20N4O2/c1-10-15-11(16-19-10)8-17-9-13(3-2-12(17)18)4-6-14-7-5-13/h14H,2-9H2,1H3. The Morgan fingerprint density at radius 1 is 1.37 bits per heavy atom. The Labute approximate surface area is 112 Å². The molecule has 104 valence electrons. The molecule has 2 aliphatic rings. The Balaban J connectivity index is 1.70. The molecule has 2 fully saturated rings. The van der Waals surface area contributed by atoms with Crippen molar-refractivity contribution in [3.63, 3.8) is 0 Å². The third-order valence-corrected chi connectivity index (χ3v) is 4.31. The lowest BCUT2D eigenvalue weighted by Crippen LogP contribution is -2.50. The lowest BCUT2D eigenvalue weighted by Gasteiger charge is -2.44. The molecule has 2 aliphatic heterocycles. The lowest BCUT2D eigenvalue weighted by atomic mass is 9.73. The van der Waals surface area contributed by atoms with Crippen LogP contribution in [0.3, 0.4) is 0 Å². The molecule has 0 aromatic carbocycles. The van der Waals surface area contributed by atoms with Gasteiger partial charge in [0.1, 0.15) is 0 Å². The Morgan fingerprint density at radius 3 is 2.84 bits per heavy atom. The maximum Gasteiger partial charge on any atom is 0.223 e. The number of carbonyl (C=O) groups is 1. The molecule has 0 saturated carbocycles. The van der Waals surface area contributed by atoms with Gasteiger partial charge in [0.15, 0.2) is 5.82 Å². The van der Waals surface area contributed by atoms with Crippen LogP contribution in [0.5, 0.6) is 0 Å². The molecule has 3 rings (SSSR count). The third kappa shape index (κ3) is 2.63. The summed E-state index contributed by atoms with van der Waals surface area (Å²) in [6.07, 6.45) is 3.98. The van der Waals surface area contributed by atoms with Gasteiger partial charge in [0.2, 0.25) is 11.8 Å². The number of piperidine rings is 2. The van der Waals surface area contributed by atoms with Crippen molar-refractivity contribution < 1.29 is 9.32 Å². The quantitative estimate of drug-likeness (QED) is 0.858. The fraction of sp³-hybridized carbons (Fsp3) is 0.769. The van der Waals surface area contributed by atoms with E-state index >= 15 is 0 Å². The highest BCUT2D eigenvalue weighted by molar-refractivity contribution is 5.77. The van der Waals surface area contributed by atoms with Crippen LogP contribution in [-0.2, 0) is 11.3 Å². The highest BCUT2D eigenvalue weighted by Crippen LogP contribution is 2.38. The molecule has 1 spiro atoms. The van der Waals surface area contributed by atoms with E-state index in [0.717, 1.165) is 38.9 Å². The van der Waals surface area contributed by atoms with E-state index in [9.17, 15) is 4.79 Å². The van der Waals surface area contributed by atoms with E-state index in [2.05, 4.69) is 15.5 Å². The minimum atomic E-state index is 0.214. The van der Waals surface area contributed by atoms with Crippen molar-refractivity contribution in [2.24, 2.45) is 5.41 Å². The largest absolute Gasteiger partial charge is 0.340 e. The van der Waals surface area contributed by atoms with Gasteiger partial charge in [0.05, 0.1) is 6.54 Å². The second-order valence-corrected chi connectivity index (χ2v) is 5.73. The lowest BCUT2D eigenvalue weighted by molar-refractivity contribution is -0.139. The number of likely N-dealkylation sites (tertiary alicyclic amines) is 1. The summed E-state index contributed by atoms with van der Waals surface area (Å²) >= 11 is 0. The van der Waals surface area contributed by atoms with E-state index in [4.69, 9.17) is 4.52 Å². The maximum absolute atomic E-state index is 12.1. The summed E-state index contributed by atoms with van der Waals surface area (Å²) in [5.41, 5.74) is 0.304. The molecule has 1 aromatic rings. The van der Waals surface area contributed by atoms with Gasteiger partial charge in [-0.1, -0.05) is 5.16 Å². The summed E-state index contributed by atoms with van der Waals surface area (Å²) in [5.74, 6) is 1.37.